The Hall–Kier alpha value is -3.12. The topological polar surface area (TPSA) is 59.0 Å². The molecule has 0 amide bonds. The molecule has 0 unspecified atom stereocenters. The van der Waals surface area contributed by atoms with E-state index >= 15 is 0 Å². The molecule has 0 aliphatic carbocycles. The van der Waals surface area contributed by atoms with Crippen molar-refractivity contribution < 1.29 is 4.74 Å². The number of fused-ring (bicyclic) bond motifs is 1. The highest BCUT2D eigenvalue weighted by atomic mass is 16.5. The SMILES string of the molecule is CN(C)CCn1cc2cc(Oc3ccc(-c4ccn[nH]4)cc3)ccc2n1. The summed E-state index contributed by atoms with van der Waals surface area (Å²) in [6, 6.07) is 15.9. The van der Waals surface area contributed by atoms with Gasteiger partial charge in [0.05, 0.1) is 17.8 Å². The summed E-state index contributed by atoms with van der Waals surface area (Å²) >= 11 is 0. The summed E-state index contributed by atoms with van der Waals surface area (Å²) in [5.74, 6) is 1.60. The molecular formula is C20H21N5O. The summed E-state index contributed by atoms with van der Waals surface area (Å²) in [7, 11) is 4.12. The normalized spacial score (nSPS) is 11.3. The van der Waals surface area contributed by atoms with Crippen molar-refractivity contribution in [3.8, 4) is 22.8 Å². The lowest BCUT2D eigenvalue weighted by molar-refractivity contribution is 0.374. The van der Waals surface area contributed by atoms with Crippen LogP contribution < -0.4 is 4.74 Å². The van der Waals surface area contributed by atoms with Crippen molar-refractivity contribution in [1.82, 2.24) is 24.9 Å². The van der Waals surface area contributed by atoms with Crippen LogP contribution in [0.15, 0.2) is 60.9 Å². The van der Waals surface area contributed by atoms with Crippen LogP contribution in [0.3, 0.4) is 0 Å². The Morgan fingerprint density at radius 3 is 2.58 bits per heavy atom. The molecule has 6 nitrogen and oxygen atoms in total. The van der Waals surface area contributed by atoms with Crippen LogP contribution in [0.4, 0.5) is 0 Å². The summed E-state index contributed by atoms with van der Waals surface area (Å²) in [6.45, 7) is 1.83. The van der Waals surface area contributed by atoms with Gasteiger partial charge in [-0.05, 0) is 68.2 Å². The number of aromatic amines is 1. The molecule has 2 aromatic heterocycles. The molecule has 2 aromatic carbocycles. The molecule has 4 aromatic rings. The predicted octanol–water partition coefficient (Wildman–Crippen LogP) is 3.78. The number of aromatic nitrogens is 4. The molecular weight excluding hydrogens is 326 g/mol. The molecule has 0 aliphatic rings. The maximum absolute atomic E-state index is 6.00. The van der Waals surface area contributed by atoms with Crippen LogP contribution in [0.5, 0.6) is 11.5 Å². The Morgan fingerprint density at radius 1 is 1.04 bits per heavy atom. The number of nitrogens with zero attached hydrogens (tertiary/aromatic N) is 4. The first-order valence-electron chi connectivity index (χ1n) is 8.57. The summed E-state index contributed by atoms with van der Waals surface area (Å²) in [6.07, 6.45) is 3.81. The first kappa shape index (κ1) is 16.4. The molecule has 26 heavy (non-hydrogen) atoms. The summed E-state index contributed by atoms with van der Waals surface area (Å²) in [5.41, 5.74) is 3.04. The Bertz CT molecular complexity index is 987. The molecule has 0 saturated heterocycles. The van der Waals surface area contributed by atoms with Crippen molar-refractivity contribution >= 4 is 10.9 Å². The smallest absolute Gasteiger partial charge is 0.128 e. The number of nitrogens with one attached hydrogen (secondary N) is 1. The summed E-state index contributed by atoms with van der Waals surface area (Å²) < 4.78 is 7.97. The average Bonchev–Trinajstić information content (AvgIpc) is 3.30. The van der Waals surface area contributed by atoms with Gasteiger partial charge in [0.1, 0.15) is 11.5 Å². The van der Waals surface area contributed by atoms with Gasteiger partial charge in [-0.3, -0.25) is 9.78 Å². The van der Waals surface area contributed by atoms with Crippen LogP contribution in [0.2, 0.25) is 0 Å². The Balaban J connectivity index is 1.49. The highest BCUT2D eigenvalue weighted by Crippen LogP contribution is 2.27. The second-order valence-corrected chi connectivity index (χ2v) is 6.51. The van der Waals surface area contributed by atoms with Gasteiger partial charge in [-0.25, -0.2) is 0 Å². The maximum Gasteiger partial charge on any atom is 0.128 e. The molecule has 2 heterocycles. The lowest BCUT2D eigenvalue weighted by Crippen LogP contribution is -2.18. The lowest BCUT2D eigenvalue weighted by Gasteiger charge is -2.08. The monoisotopic (exact) mass is 347 g/mol. The molecule has 0 bridgehead atoms. The highest BCUT2D eigenvalue weighted by Gasteiger charge is 2.05. The van der Waals surface area contributed by atoms with Gasteiger partial charge in [0.15, 0.2) is 0 Å². The van der Waals surface area contributed by atoms with Crippen molar-refractivity contribution in [2.75, 3.05) is 20.6 Å². The van der Waals surface area contributed by atoms with Gasteiger partial charge in [0, 0.05) is 24.3 Å². The van der Waals surface area contributed by atoms with Crippen molar-refractivity contribution in [2.45, 2.75) is 6.54 Å². The fraction of sp³-hybridized carbons (Fsp3) is 0.200. The molecule has 0 atom stereocenters. The molecule has 132 valence electrons. The third-order valence-electron chi connectivity index (χ3n) is 4.20. The minimum atomic E-state index is 0.799. The van der Waals surface area contributed by atoms with E-state index in [4.69, 9.17) is 4.74 Å². The Labute approximate surface area is 152 Å². The predicted molar refractivity (Wildman–Crippen MR) is 102 cm³/mol. The zero-order chi connectivity index (χ0) is 17.9. The van der Waals surface area contributed by atoms with Crippen LogP contribution in [-0.4, -0.2) is 45.5 Å². The van der Waals surface area contributed by atoms with E-state index in [1.54, 1.807) is 6.20 Å². The second-order valence-electron chi connectivity index (χ2n) is 6.51. The van der Waals surface area contributed by atoms with Gasteiger partial charge in [-0.15, -0.1) is 0 Å². The zero-order valence-corrected chi connectivity index (χ0v) is 14.9. The van der Waals surface area contributed by atoms with E-state index in [0.29, 0.717) is 0 Å². The highest BCUT2D eigenvalue weighted by molar-refractivity contribution is 5.79. The molecule has 1 N–H and O–H groups in total. The molecule has 0 spiro atoms. The van der Waals surface area contributed by atoms with Crippen molar-refractivity contribution in [1.29, 1.82) is 0 Å². The third-order valence-corrected chi connectivity index (χ3v) is 4.20. The fourth-order valence-corrected chi connectivity index (χ4v) is 2.79. The van der Waals surface area contributed by atoms with Crippen LogP contribution in [0.25, 0.3) is 22.2 Å². The summed E-state index contributed by atoms with van der Waals surface area (Å²) in [5, 5.41) is 12.6. The van der Waals surface area contributed by atoms with Crippen LogP contribution in [-0.2, 0) is 6.54 Å². The first-order valence-corrected chi connectivity index (χ1v) is 8.57. The minimum Gasteiger partial charge on any atom is -0.457 e. The third kappa shape index (κ3) is 3.60. The van der Waals surface area contributed by atoms with E-state index in [-0.39, 0.29) is 0 Å². The molecule has 0 aliphatic heterocycles. The van der Waals surface area contributed by atoms with E-state index in [9.17, 15) is 0 Å². The Morgan fingerprint density at radius 2 is 1.85 bits per heavy atom. The fourth-order valence-electron chi connectivity index (χ4n) is 2.79. The number of likely N-dealkylation sites (N-methyl/N-ethyl adjacent to an activating group) is 1. The number of hydrogen-bond acceptors (Lipinski definition) is 4. The van der Waals surface area contributed by atoms with E-state index in [1.807, 2.05) is 53.2 Å². The number of hydrogen-bond donors (Lipinski definition) is 1. The van der Waals surface area contributed by atoms with Crippen molar-refractivity contribution in [2.24, 2.45) is 0 Å². The zero-order valence-electron chi connectivity index (χ0n) is 14.9. The molecule has 0 radical (unpaired) electrons. The van der Waals surface area contributed by atoms with Gasteiger partial charge in [0.25, 0.3) is 0 Å². The van der Waals surface area contributed by atoms with E-state index in [1.165, 1.54) is 0 Å². The first-order chi connectivity index (χ1) is 12.7. The van der Waals surface area contributed by atoms with Crippen LogP contribution in [0.1, 0.15) is 0 Å². The van der Waals surface area contributed by atoms with Crippen LogP contribution in [0, 0.1) is 0 Å². The average molecular weight is 347 g/mol. The summed E-state index contributed by atoms with van der Waals surface area (Å²) in [4.78, 5) is 2.15. The van der Waals surface area contributed by atoms with Gasteiger partial charge in [-0.1, -0.05) is 0 Å². The second kappa shape index (κ2) is 7.01. The van der Waals surface area contributed by atoms with Crippen LogP contribution >= 0.6 is 0 Å². The van der Waals surface area contributed by atoms with Gasteiger partial charge in [-0.2, -0.15) is 10.2 Å². The van der Waals surface area contributed by atoms with Crippen molar-refractivity contribution in [3.63, 3.8) is 0 Å². The van der Waals surface area contributed by atoms with Gasteiger partial charge < -0.3 is 9.64 Å². The minimum absolute atomic E-state index is 0.799. The number of benzene rings is 2. The van der Waals surface area contributed by atoms with E-state index in [0.717, 1.165) is 46.7 Å². The number of ether oxygens (including phenoxy) is 1. The largest absolute Gasteiger partial charge is 0.457 e. The van der Waals surface area contributed by atoms with Crippen molar-refractivity contribution in [3.05, 3.63) is 60.9 Å². The van der Waals surface area contributed by atoms with Gasteiger partial charge >= 0.3 is 0 Å². The molecule has 0 saturated carbocycles. The molecule has 0 fully saturated rings. The van der Waals surface area contributed by atoms with Gasteiger partial charge in [0.2, 0.25) is 0 Å². The van der Waals surface area contributed by atoms with E-state index < -0.39 is 0 Å². The Kier molecular flexibility index (Phi) is 4.41. The number of rotatable bonds is 6. The quantitative estimate of drug-likeness (QED) is 0.577. The maximum atomic E-state index is 6.00. The van der Waals surface area contributed by atoms with E-state index in [2.05, 4.69) is 40.5 Å². The lowest BCUT2D eigenvalue weighted by atomic mass is 10.1. The molecule has 4 rings (SSSR count). The molecule has 6 heteroatoms. The number of H-pyrrole nitrogens is 1. The standard InChI is InChI=1S/C20H21N5O/c1-24(2)11-12-25-14-16-13-18(7-8-20(16)23-25)26-17-5-3-15(4-6-17)19-9-10-21-22-19/h3-10,13-14H,11-12H2,1-2H3,(H,21,22).